The Morgan fingerprint density at radius 2 is 1.81 bits per heavy atom. The number of rotatable bonds is 5. The van der Waals surface area contributed by atoms with Crippen LogP contribution in [0.15, 0.2) is 48.5 Å². The molecule has 0 aliphatic carbocycles. The number of hydrogen-bond acceptors (Lipinski definition) is 4. The summed E-state index contributed by atoms with van der Waals surface area (Å²) in [6.45, 7) is 2.47. The van der Waals surface area contributed by atoms with Gasteiger partial charge in [0.2, 0.25) is 0 Å². The van der Waals surface area contributed by atoms with E-state index < -0.39 is 11.8 Å². The van der Waals surface area contributed by atoms with Gasteiger partial charge in [0.05, 0.1) is 13.7 Å². The van der Waals surface area contributed by atoms with Crippen molar-refractivity contribution in [1.29, 1.82) is 0 Å². The fraction of sp³-hybridized carbons (Fsp3) is 0.300. The molecule has 0 fully saturated rings. The number of anilines is 1. The Labute approximate surface area is 152 Å². The number of benzene rings is 2. The molecule has 2 aromatic rings. The van der Waals surface area contributed by atoms with Gasteiger partial charge in [-0.3, -0.25) is 9.59 Å². The maximum absolute atomic E-state index is 12.5. The lowest BCUT2D eigenvalue weighted by molar-refractivity contribution is -0.137. The van der Waals surface area contributed by atoms with Gasteiger partial charge < -0.3 is 19.7 Å². The molecule has 6 nitrogen and oxygen atoms in total. The van der Waals surface area contributed by atoms with E-state index in [1.165, 1.54) is 0 Å². The molecular weight excluding hydrogens is 332 g/mol. The number of methoxy groups -OCH3 is 1. The Morgan fingerprint density at radius 3 is 2.54 bits per heavy atom. The SMILES string of the molecule is COc1ccc(OCCNC(=O)C(=O)N2c3ccccc3CC2C)cc1. The van der Waals surface area contributed by atoms with Crippen LogP contribution >= 0.6 is 0 Å². The van der Waals surface area contributed by atoms with Crippen LogP contribution < -0.4 is 19.7 Å². The molecule has 2 aromatic carbocycles. The Balaban J connectivity index is 1.49. The van der Waals surface area contributed by atoms with Gasteiger partial charge in [-0.25, -0.2) is 0 Å². The molecule has 1 aliphatic rings. The Kier molecular flexibility index (Phi) is 5.41. The van der Waals surface area contributed by atoms with Crippen LogP contribution in [0.2, 0.25) is 0 Å². The summed E-state index contributed by atoms with van der Waals surface area (Å²) >= 11 is 0. The molecule has 6 heteroatoms. The number of ether oxygens (including phenoxy) is 2. The molecule has 1 aliphatic heterocycles. The minimum absolute atomic E-state index is 0.0267. The van der Waals surface area contributed by atoms with Crippen molar-refractivity contribution in [2.75, 3.05) is 25.2 Å². The van der Waals surface area contributed by atoms with Crippen LogP contribution in [0.1, 0.15) is 12.5 Å². The van der Waals surface area contributed by atoms with Crippen LogP contribution in [0.4, 0.5) is 5.69 Å². The molecule has 136 valence electrons. The van der Waals surface area contributed by atoms with Crippen LogP contribution in [-0.4, -0.2) is 38.1 Å². The van der Waals surface area contributed by atoms with E-state index in [1.807, 2.05) is 31.2 Å². The topological polar surface area (TPSA) is 67.9 Å². The standard InChI is InChI=1S/C20H22N2O4/c1-14-13-15-5-3-4-6-18(15)22(14)20(24)19(23)21-11-12-26-17-9-7-16(25-2)8-10-17/h3-10,14H,11-13H2,1-2H3,(H,21,23). The summed E-state index contributed by atoms with van der Waals surface area (Å²) in [5.41, 5.74) is 1.90. The Bertz CT molecular complexity index is 789. The van der Waals surface area contributed by atoms with Crippen LogP contribution in [0, 0.1) is 0 Å². The number of nitrogens with zero attached hydrogens (tertiary/aromatic N) is 1. The van der Waals surface area contributed by atoms with Crippen molar-refractivity contribution in [2.45, 2.75) is 19.4 Å². The van der Waals surface area contributed by atoms with Gasteiger partial charge in [0.25, 0.3) is 0 Å². The molecular formula is C20H22N2O4. The predicted molar refractivity (Wildman–Crippen MR) is 98.6 cm³/mol. The van der Waals surface area contributed by atoms with Crippen LogP contribution in [-0.2, 0) is 16.0 Å². The summed E-state index contributed by atoms with van der Waals surface area (Å²) in [5, 5.41) is 2.62. The fourth-order valence-corrected chi connectivity index (χ4v) is 3.07. The third-order valence-corrected chi connectivity index (χ3v) is 4.34. The number of carbonyl (C=O) groups is 2. The first-order chi connectivity index (χ1) is 12.6. The second-order valence-corrected chi connectivity index (χ2v) is 6.14. The van der Waals surface area contributed by atoms with Crippen molar-refractivity contribution in [3.63, 3.8) is 0 Å². The summed E-state index contributed by atoms with van der Waals surface area (Å²) < 4.78 is 10.6. The first-order valence-electron chi connectivity index (χ1n) is 8.56. The van der Waals surface area contributed by atoms with Crippen molar-refractivity contribution in [1.82, 2.24) is 5.32 Å². The molecule has 0 aromatic heterocycles. The van der Waals surface area contributed by atoms with Crippen LogP contribution in [0.25, 0.3) is 0 Å². The summed E-state index contributed by atoms with van der Waals surface area (Å²) in [6, 6.07) is 14.8. The zero-order valence-corrected chi connectivity index (χ0v) is 14.9. The maximum Gasteiger partial charge on any atom is 0.316 e. The van der Waals surface area contributed by atoms with Crippen LogP contribution in [0.3, 0.4) is 0 Å². The normalized spacial score (nSPS) is 15.3. The highest BCUT2D eigenvalue weighted by Crippen LogP contribution is 2.31. The van der Waals surface area contributed by atoms with Gasteiger partial charge >= 0.3 is 11.8 Å². The van der Waals surface area contributed by atoms with Crippen molar-refractivity contribution < 1.29 is 19.1 Å². The molecule has 0 saturated carbocycles. The molecule has 1 heterocycles. The average molecular weight is 354 g/mol. The van der Waals surface area contributed by atoms with Crippen molar-refractivity contribution in [2.24, 2.45) is 0 Å². The zero-order valence-electron chi connectivity index (χ0n) is 14.9. The summed E-state index contributed by atoms with van der Waals surface area (Å²) in [5.74, 6) is 0.267. The smallest absolute Gasteiger partial charge is 0.316 e. The van der Waals surface area contributed by atoms with E-state index in [2.05, 4.69) is 5.32 Å². The van der Waals surface area contributed by atoms with Gasteiger partial charge in [0, 0.05) is 11.7 Å². The van der Waals surface area contributed by atoms with Crippen molar-refractivity contribution in [3.8, 4) is 11.5 Å². The third-order valence-electron chi connectivity index (χ3n) is 4.34. The monoisotopic (exact) mass is 354 g/mol. The van der Waals surface area contributed by atoms with Crippen LogP contribution in [0.5, 0.6) is 11.5 Å². The highest BCUT2D eigenvalue weighted by Gasteiger charge is 2.33. The molecule has 1 N–H and O–H groups in total. The van der Waals surface area contributed by atoms with Gasteiger partial charge in [-0.05, 0) is 49.2 Å². The van der Waals surface area contributed by atoms with E-state index in [-0.39, 0.29) is 19.2 Å². The van der Waals surface area contributed by atoms with Gasteiger partial charge in [-0.1, -0.05) is 18.2 Å². The number of fused-ring (bicyclic) bond motifs is 1. The lowest BCUT2D eigenvalue weighted by atomic mass is 10.1. The molecule has 0 spiro atoms. The van der Waals surface area contributed by atoms with Crippen molar-refractivity contribution in [3.05, 3.63) is 54.1 Å². The van der Waals surface area contributed by atoms with E-state index in [9.17, 15) is 9.59 Å². The van der Waals surface area contributed by atoms with Gasteiger partial charge in [-0.15, -0.1) is 0 Å². The average Bonchev–Trinajstić information content (AvgIpc) is 3.00. The lowest BCUT2D eigenvalue weighted by Gasteiger charge is -2.22. The van der Waals surface area contributed by atoms with Gasteiger partial charge in [0.1, 0.15) is 18.1 Å². The minimum Gasteiger partial charge on any atom is -0.497 e. The van der Waals surface area contributed by atoms with Crippen molar-refractivity contribution >= 4 is 17.5 Å². The van der Waals surface area contributed by atoms with E-state index in [0.29, 0.717) is 5.75 Å². The number of amides is 2. The maximum atomic E-state index is 12.5. The van der Waals surface area contributed by atoms with E-state index >= 15 is 0 Å². The first kappa shape index (κ1) is 17.8. The van der Waals surface area contributed by atoms with E-state index in [0.717, 1.165) is 23.4 Å². The second-order valence-electron chi connectivity index (χ2n) is 6.14. The molecule has 0 bridgehead atoms. The predicted octanol–water partition coefficient (Wildman–Crippen LogP) is 2.17. The zero-order chi connectivity index (χ0) is 18.5. The molecule has 0 saturated heterocycles. The number of para-hydroxylation sites is 1. The second kappa shape index (κ2) is 7.91. The Morgan fingerprint density at radius 1 is 1.12 bits per heavy atom. The molecule has 1 unspecified atom stereocenters. The third kappa shape index (κ3) is 3.79. The van der Waals surface area contributed by atoms with E-state index in [4.69, 9.17) is 9.47 Å². The highest BCUT2D eigenvalue weighted by molar-refractivity contribution is 6.40. The summed E-state index contributed by atoms with van der Waals surface area (Å²) in [4.78, 5) is 26.3. The van der Waals surface area contributed by atoms with E-state index in [1.54, 1.807) is 36.3 Å². The summed E-state index contributed by atoms with van der Waals surface area (Å²) in [7, 11) is 1.60. The summed E-state index contributed by atoms with van der Waals surface area (Å²) in [6.07, 6.45) is 0.760. The molecule has 0 radical (unpaired) electrons. The van der Waals surface area contributed by atoms with Gasteiger partial charge in [0.15, 0.2) is 0 Å². The minimum atomic E-state index is -0.619. The molecule has 26 heavy (non-hydrogen) atoms. The molecule has 1 atom stereocenters. The number of carbonyl (C=O) groups excluding carboxylic acids is 2. The molecule has 2 amide bonds. The fourth-order valence-electron chi connectivity index (χ4n) is 3.07. The highest BCUT2D eigenvalue weighted by atomic mass is 16.5. The first-order valence-corrected chi connectivity index (χ1v) is 8.56. The Hall–Kier alpha value is -3.02. The van der Waals surface area contributed by atoms with Gasteiger partial charge in [-0.2, -0.15) is 0 Å². The lowest BCUT2D eigenvalue weighted by Crippen LogP contribution is -2.46. The number of nitrogens with one attached hydrogen (secondary N) is 1. The molecule has 3 rings (SSSR count). The largest absolute Gasteiger partial charge is 0.497 e. The quantitative estimate of drug-likeness (QED) is 0.660. The number of hydrogen-bond donors (Lipinski definition) is 1.